The summed E-state index contributed by atoms with van der Waals surface area (Å²) in [6.07, 6.45) is 4.46. The fourth-order valence-electron chi connectivity index (χ4n) is 3.03. The van der Waals surface area contributed by atoms with Crippen molar-refractivity contribution >= 4 is 22.5 Å². The van der Waals surface area contributed by atoms with Crippen LogP contribution < -0.4 is 9.91 Å². The van der Waals surface area contributed by atoms with Gasteiger partial charge >= 0.3 is 0 Å². The van der Waals surface area contributed by atoms with Gasteiger partial charge in [0.2, 0.25) is 0 Å². The number of hydroxylamine groups is 1. The Morgan fingerprint density at radius 1 is 1.29 bits per heavy atom. The number of quaternary nitrogens is 1. The lowest BCUT2D eigenvalue weighted by atomic mass is 9.97. The van der Waals surface area contributed by atoms with Gasteiger partial charge in [-0.05, 0) is 43.2 Å². The van der Waals surface area contributed by atoms with Gasteiger partial charge in [0.25, 0.3) is 0 Å². The van der Waals surface area contributed by atoms with Crippen LogP contribution in [0.1, 0.15) is 26.3 Å². The molecule has 0 aliphatic carbocycles. The van der Waals surface area contributed by atoms with Crippen LogP contribution in [-0.4, -0.2) is 32.7 Å². The fourth-order valence-corrected chi connectivity index (χ4v) is 3.03. The predicted molar refractivity (Wildman–Crippen MR) is 84.3 cm³/mol. The minimum Gasteiger partial charge on any atom is -0.603 e. The summed E-state index contributed by atoms with van der Waals surface area (Å²) in [6, 6.07) is 2.90. The third-order valence-corrected chi connectivity index (χ3v) is 4.17. The van der Waals surface area contributed by atoms with Crippen LogP contribution in [0.4, 0.5) is 0 Å². The van der Waals surface area contributed by atoms with E-state index in [-0.39, 0.29) is 11.0 Å². The number of carbonyl (C=O) groups excluding carboxylic acids is 1. The van der Waals surface area contributed by atoms with Crippen molar-refractivity contribution < 1.29 is 19.3 Å². The highest BCUT2D eigenvalue weighted by molar-refractivity contribution is 5.95. The van der Waals surface area contributed by atoms with Gasteiger partial charge in [0, 0.05) is 17.7 Å². The average Bonchev–Trinajstić information content (AvgIpc) is 2.95. The molecule has 8 heteroatoms. The Labute approximate surface area is 137 Å². The largest absolute Gasteiger partial charge is 0.603 e. The third kappa shape index (κ3) is 2.19. The minimum absolute atomic E-state index is 0.120. The minimum atomic E-state index is -0.641. The third-order valence-electron chi connectivity index (χ3n) is 4.17. The maximum absolute atomic E-state index is 12.4. The molecule has 0 saturated carbocycles. The summed E-state index contributed by atoms with van der Waals surface area (Å²) in [5, 5.41) is 21.4. The van der Waals surface area contributed by atoms with E-state index in [1.54, 1.807) is 19.1 Å². The van der Waals surface area contributed by atoms with Crippen LogP contribution in [0.15, 0.2) is 35.1 Å². The van der Waals surface area contributed by atoms with E-state index < -0.39 is 11.6 Å². The predicted octanol–water partition coefficient (Wildman–Crippen LogP) is 0.819. The number of nitrogens with zero attached hydrogens (tertiary/aromatic N) is 3. The number of benzene rings is 1. The van der Waals surface area contributed by atoms with E-state index >= 15 is 0 Å². The SMILES string of the molecule is CC1C(=O)C=C[NH+]([O-])N1C1=CC(C)(C)Oc2cc3nonc3cc21. The fraction of sp³-hybridized carbons (Fsp3) is 0.312. The summed E-state index contributed by atoms with van der Waals surface area (Å²) in [5.74, 6) is 0.452. The van der Waals surface area contributed by atoms with Crippen LogP contribution >= 0.6 is 0 Å². The van der Waals surface area contributed by atoms with Crippen LogP contribution in [0.3, 0.4) is 0 Å². The molecule has 8 nitrogen and oxygen atoms in total. The second kappa shape index (κ2) is 4.89. The molecule has 2 unspecified atom stereocenters. The Morgan fingerprint density at radius 3 is 2.75 bits per heavy atom. The molecule has 1 N–H and O–H groups in total. The smallest absolute Gasteiger partial charge is 0.188 e. The van der Waals surface area contributed by atoms with Crippen LogP contribution in [0.2, 0.25) is 0 Å². The van der Waals surface area contributed by atoms with Gasteiger partial charge < -0.3 is 9.94 Å². The van der Waals surface area contributed by atoms with Gasteiger partial charge in [-0.15, -0.1) is 0 Å². The number of ketones is 1. The van der Waals surface area contributed by atoms with Crippen molar-refractivity contribution in [2.24, 2.45) is 0 Å². The first kappa shape index (κ1) is 14.9. The van der Waals surface area contributed by atoms with Crippen molar-refractivity contribution in [1.82, 2.24) is 15.3 Å². The molecule has 0 bridgehead atoms. The Bertz CT molecular complexity index is 899. The van der Waals surface area contributed by atoms with Crippen molar-refractivity contribution in [2.75, 3.05) is 0 Å². The van der Waals surface area contributed by atoms with Gasteiger partial charge in [-0.1, -0.05) is 0 Å². The Kier molecular flexibility index (Phi) is 3.03. The molecule has 2 aliphatic rings. The number of hydrogen-bond donors (Lipinski definition) is 1. The van der Waals surface area contributed by atoms with E-state index in [4.69, 9.17) is 9.37 Å². The van der Waals surface area contributed by atoms with Crippen LogP contribution in [0.25, 0.3) is 16.7 Å². The lowest BCUT2D eigenvalue weighted by Crippen LogP contribution is -3.11. The first-order valence-electron chi connectivity index (χ1n) is 7.59. The number of hydrogen-bond acceptors (Lipinski definition) is 7. The number of carbonyl (C=O) groups is 1. The molecule has 124 valence electrons. The normalized spacial score (nSPS) is 25.4. The molecular weight excluding hydrogens is 312 g/mol. The average molecular weight is 328 g/mol. The van der Waals surface area contributed by atoms with Crippen molar-refractivity contribution in [1.29, 1.82) is 0 Å². The van der Waals surface area contributed by atoms with E-state index in [1.807, 2.05) is 19.9 Å². The van der Waals surface area contributed by atoms with Gasteiger partial charge in [0.05, 0.1) is 0 Å². The highest BCUT2D eigenvalue weighted by Crippen LogP contribution is 2.39. The molecule has 24 heavy (non-hydrogen) atoms. The zero-order chi connectivity index (χ0) is 17.1. The zero-order valence-electron chi connectivity index (χ0n) is 13.4. The topological polar surface area (TPSA) is 96.0 Å². The molecule has 1 aromatic carbocycles. The standard InChI is InChI=1S/C16H16N4O4/c1-9-14(21)4-5-19(22)20(9)13-8-16(2,3)23-15-7-12-11(6-10(13)15)17-24-18-12/h4-9,19H,1-3H3. The molecule has 0 spiro atoms. The maximum atomic E-state index is 12.4. The molecule has 0 radical (unpaired) electrons. The summed E-state index contributed by atoms with van der Waals surface area (Å²) in [4.78, 5) is 12.1. The number of ether oxygens (including phenoxy) is 1. The van der Waals surface area contributed by atoms with E-state index in [9.17, 15) is 10.0 Å². The molecule has 1 aromatic heterocycles. The lowest BCUT2D eigenvalue weighted by molar-refractivity contribution is -0.915. The molecule has 2 aromatic rings. The highest BCUT2D eigenvalue weighted by atomic mass is 16.6. The van der Waals surface area contributed by atoms with E-state index in [0.717, 1.165) is 0 Å². The summed E-state index contributed by atoms with van der Waals surface area (Å²) in [6.45, 7) is 5.48. The number of nitrogens with one attached hydrogen (secondary N) is 1. The second-order valence-electron chi connectivity index (χ2n) is 6.46. The molecule has 4 rings (SSSR count). The van der Waals surface area contributed by atoms with Crippen molar-refractivity contribution in [3.63, 3.8) is 0 Å². The van der Waals surface area contributed by atoms with Crippen molar-refractivity contribution in [2.45, 2.75) is 32.4 Å². The zero-order valence-corrected chi connectivity index (χ0v) is 13.4. The number of aromatic nitrogens is 2. The highest BCUT2D eigenvalue weighted by Gasteiger charge is 2.37. The molecule has 0 fully saturated rings. The van der Waals surface area contributed by atoms with E-state index in [0.29, 0.717) is 28.0 Å². The molecule has 0 amide bonds. The number of rotatable bonds is 1. The maximum Gasteiger partial charge on any atom is 0.188 e. The van der Waals surface area contributed by atoms with Gasteiger partial charge in [0.1, 0.15) is 40.3 Å². The van der Waals surface area contributed by atoms with Crippen LogP contribution in [0, 0.1) is 5.21 Å². The molecule has 0 saturated heterocycles. The van der Waals surface area contributed by atoms with Crippen LogP contribution in [0.5, 0.6) is 5.75 Å². The first-order valence-corrected chi connectivity index (χ1v) is 7.59. The van der Waals surface area contributed by atoms with E-state index in [2.05, 4.69) is 10.3 Å². The monoisotopic (exact) mass is 328 g/mol. The Morgan fingerprint density at radius 2 is 2.00 bits per heavy atom. The Balaban J connectivity index is 1.92. The second-order valence-corrected chi connectivity index (χ2v) is 6.46. The van der Waals surface area contributed by atoms with Gasteiger partial charge in [0.15, 0.2) is 5.78 Å². The molecule has 2 atom stereocenters. The van der Waals surface area contributed by atoms with Crippen molar-refractivity contribution in [3.05, 3.63) is 41.3 Å². The van der Waals surface area contributed by atoms with E-state index in [1.165, 1.54) is 17.3 Å². The first-order chi connectivity index (χ1) is 11.4. The summed E-state index contributed by atoms with van der Waals surface area (Å²) < 4.78 is 10.7. The Hall–Kier alpha value is -2.71. The quantitative estimate of drug-likeness (QED) is 0.774. The molecular formula is C16H16N4O4. The van der Waals surface area contributed by atoms with Crippen molar-refractivity contribution in [3.8, 4) is 5.75 Å². The lowest BCUT2D eigenvalue weighted by Gasteiger charge is -2.42. The molecule has 2 aliphatic heterocycles. The van der Waals surface area contributed by atoms with Gasteiger partial charge in [-0.2, -0.15) is 0 Å². The van der Waals surface area contributed by atoms with Gasteiger partial charge in [-0.3, -0.25) is 4.79 Å². The molecule has 3 heterocycles. The van der Waals surface area contributed by atoms with Gasteiger partial charge in [-0.25, -0.2) is 14.8 Å². The number of fused-ring (bicyclic) bond motifs is 2. The summed E-state index contributed by atoms with van der Waals surface area (Å²) in [5.41, 5.74) is 1.79. The summed E-state index contributed by atoms with van der Waals surface area (Å²) >= 11 is 0. The summed E-state index contributed by atoms with van der Waals surface area (Å²) in [7, 11) is 0. The van der Waals surface area contributed by atoms with Crippen LogP contribution in [-0.2, 0) is 4.79 Å².